The van der Waals surface area contributed by atoms with Crippen molar-refractivity contribution in [3.05, 3.63) is 109 Å². The average Bonchev–Trinajstić information content (AvgIpc) is 3.60. The van der Waals surface area contributed by atoms with E-state index in [1.54, 1.807) is 27.8 Å². The number of benzene rings is 2. The van der Waals surface area contributed by atoms with Crippen molar-refractivity contribution in [3.8, 4) is 16.9 Å². The first-order valence-corrected chi connectivity index (χ1v) is 10.2. The lowest BCUT2D eigenvalue weighted by Crippen LogP contribution is -2.23. The lowest BCUT2D eigenvalue weighted by molar-refractivity contribution is 0.0945. The first-order valence-electron chi connectivity index (χ1n) is 10.2. The van der Waals surface area contributed by atoms with E-state index in [4.69, 9.17) is 5.10 Å². The van der Waals surface area contributed by atoms with Gasteiger partial charge in [-0.1, -0.05) is 48.5 Å². The predicted molar refractivity (Wildman–Crippen MR) is 120 cm³/mol. The summed E-state index contributed by atoms with van der Waals surface area (Å²) in [5.74, 6) is -0.240. The van der Waals surface area contributed by atoms with Crippen molar-refractivity contribution in [2.45, 2.75) is 13.2 Å². The second kappa shape index (κ2) is 8.73. The van der Waals surface area contributed by atoms with Gasteiger partial charge in [-0.3, -0.25) is 14.2 Å². The quantitative estimate of drug-likeness (QED) is 0.435. The Morgan fingerprint density at radius 2 is 1.62 bits per heavy atom. The van der Waals surface area contributed by atoms with Gasteiger partial charge in [-0.25, -0.2) is 4.68 Å². The third-order valence-corrected chi connectivity index (χ3v) is 5.02. The van der Waals surface area contributed by atoms with Gasteiger partial charge in [0.15, 0.2) is 0 Å². The maximum Gasteiger partial charge on any atom is 0.272 e. The molecule has 3 aromatic heterocycles. The van der Waals surface area contributed by atoms with E-state index in [0.29, 0.717) is 18.9 Å². The van der Waals surface area contributed by atoms with Crippen LogP contribution in [-0.2, 0) is 13.2 Å². The first-order chi connectivity index (χ1) is 15.8. The van der Waals surface area contributed by atoms with Crippen molar-refractivity contribution >= 4 is 5.91 Å². The van der Waals surface area contributed by atoms with Crippen molar-refractivity contribution in [2.75, 3.05) is 0 Å². The Morgan fingerprint density at radius 1 is 0.844 bits per heavy atom. The van der Waals surface area contributed by atoms with E-state index in [2.05, 4.69) is 15.5 Å². The Labute approximate surface area is 184 Å². The van der Waals surface area contributed by atoms with Gasteiger partial charge in [-0.2, -0.15) is 15.3 Å². The predicted octanol–water partition coefficient (Wildman–Crippen LogP) is 3.37. The fourth-order valence-corrected chi connectivity index (χ4v) is 3.45. The zero-order chi connectivity index (χ0) is 21.8. The molecule has 0 saturated carbocycles. The molecular formula is C24H21N7O. The molecule has 3 heterocycles. The van der Waals surface area contributed by atoms with Gasteiger partial charge >= 0.3 is 0 Å². The summed E-state index contributed by atoms with van der Waals surface area (Å²) in [5.41, 5.74) is 4.06. The van der Waals surface area contributed by atoms with Gasteiger partial charge in [0.2, 0.25) is 0 Å². The number of rotatable bonds is 7. The molecule has 32 heavy (non-hydrogen) atoms. The molecule has 1 amide bonds. The molecule has 5 aromatic rings. The molecule has 0 fully saturated rings. The molecule has 1 N–H and O–H groups in total. The van der Waals surface area contributed by atoms with Crippen LogP contribution in [0.4, 0.5) is 0 Å². The van der Waals surface area contributed by atoms with Crippen LogP contribution in [0.5, 0.6) is 0 Å². The molecule has 0 atom stereocenters. The third-order valence-electron chi connectivity index (χ3n) is 5.02. The molecule has 0 aliphatic carbocycles. The maximum absolute atomic E-state index is 12.7. The van der Waals surface area contributed by atoms with Gasteiger partial charge in [0, 0.05) is 42.5 Å². The SMILES string of the molecule is O=C(NCc1cn(-c2ccccc2)nc1-c1ccccc1)c1ccn(Cn2cccn2)n1. The van der Waals surface area contributed by atoms with Crippen molar-refractivity contribution < 1.29 is 4.79 Å². The van der Waals surface area contributed by atoms with Crippen LogP contribution < -0.4 is 5.32 Å². The van der Waals surface area contributed by atoms with Crippen LogP contribution in [0.3, 0.4) is 0 Å². The number of aromatic nitrogens is 6. The Morgan fingerprint density at radius 3 is 2.38 bits per heavy atom. The lowest BCUT2D eigenvalue weighted by Gasteiger charge is -2.04. The number of nitrogens with one attached hydrogen (secondary N) is 1. The largest absolute Gasteiger partial charge is 0.346 e. The van der Waals surface area contributed by atoms with Crippen molar-refractivity contribution in [3.63, 3.8) is 0 Å². The van der Waals surface area contributed by atoms with Gasteiger partial charge in [-0.05, 0) is 24.3 Å². The molecule has 0 unspecified atom stereocenters. The highest BCUT2D eigenvalue weighted by atomic mass is 16.1. The molecule has 0 aliphatic heterocycles. The van der Waals surface area contributed by atoms with Crippen LogP contribution in [0.25, 0.3) is 16.9 Å². The van der Waals surface area contributed by atoms with E-state index in [0.717, 1.165) is 22.5 Å². The lowest BCUT2D eigenvalue weighted by atomic mass is 10.1. The summed E-state index contributed by atoms with van der Waals surface area (Å²) in [6.45, 7) is 0.782. The van der Waals surface area contributed by atoms with Crippen molar-refractivity contribution in [2.24, 2.45) is 0 Å². The highest BCUT2D eigenvalue weighted by molar-refractivity contribution is 5.92. The summed E-state index contributed by atoms with van der Waals surface area (Å²) < 4.78 is 5.24. The molecule has 2 aromatic carbocycles. The smallest absolute Gasteiger partial charge is 0.272 e. The number of hydrogen-bond donors (Lipinski definition) is 1. The van der Waals surface area contributed by atoms with Gasteiger partial charge in [0.1, 0.15) is 12.4 Å². The zero-order valence-corrected chi connectivity index (χ0v) is 17.2. The minimum atomic E-state index is -0.240. The normalized spacial score (nSPS) is 10.9. The van der Waals surface area contributed by atoms with E-state index in [-0.39, 0.29) is 5.91 Å². The van der Waals surface area contributed by atoms with Crippen LogP contribution in [0, 0.1) is 0 Å². The summed E-state index contributed by atoms with van der Waals surface area (Å²) >= 11 is 0. The second-order valence-corrected chi connectivity index (χ2v) is 7.26. The summed E-state index contributed by atoms with van der Waals surface area (Å²) in [7, 11) is 0. The standard InChI is InChI=1S/C24H21N7O/c32-24(22-12-15-30(27-22)18-29-14-7-13-26-29)25-16-20-17-31(21-10-5-2-6-11-21)28-23(20)19-8-3-1-4-9-19/h1-15,17H,16,18H2,(H,25,32). The molecule has 0 radical (unpaired) electrons. The fourth-order valence-electron chi connectivity index (χ4n) is 3.45. The summed E-state index contributed by atoms with van der Waals surface area (Å²) in [5, 5.41) is 16.3. The van der Waals surface area contributed by atoms with E-state index in [1.165, 1.54) is 0 Å². The number of carbonyl (C=O) groups excluding carboxylic acids is 1. The molecule has 158 valence electrons. The minimum absolute atomic E-state index is 0.240. The molecule has 5 rings (SSSR count). The molecule has 0 aliphatic rings. The van der Waals surface area contributed by atoms with Gasteiger partial charge in [-0.15, -0.1) is 0 Å². The zero-order valence-electron chi connectivity index (χ0n) is 17.2. The second-order valence-electron chi connectivity index (χ2n) is 7.26. The Hall–Kier alpha value is -4.46. The molecule has 0 spiro atoms. The Kier molecular flexibility index (Phi) is 5.32. The number of hydrogen-bond acceptors (Lipinski definition) is 4. The molecule has 8 nitrogen and oxygen atoms in total. The van der Waals surface area contributed by atoms with E-state index in [1.807, 2.05) is 83.8 Å². The summed E-state index contributed by atoms with van der Waals surface area (Å²) in [6, 6.07) is 23.4. The molecule has 0 bridgehead atoms. The van der Waals surface area contributed by atoms with E-state index < -0.39 is 0 Å². The molecule has 8 heteroatoms. The Balaban J connectivity index is 1.35. The minimum Gasteiger partial charge on any atom is -0.346 e. The maximum atomic E-state index is 12.7. The average molecular weight is 423 g/mol. The number of nitrogens with zero attached hydrogens (tertiary/aromatic N) is 6. The van der Waals surface area contributed by atoms with Crippen LogP contribution in [0.1, 0.15) is 16.1 Å². The number of carbonyl (C=O) groups is 1. The van der Waals surface area contributed by atoms with E-state index >= 15 is 0 Å². The molecule has 0 saturated heterocycles. The molecular weight excluding hydrogens is 402 g/mol. The van der Waals surface area contributed by atoms with Crippen molar-refractivity contribution in [1.82, 2.24) is 34.7 Å². The summed E-state index contributed by atoms with van der Waals surface area (Å²) in [6.07, 6.45) is 7.27. The van der Waals surface area contributed by atoms with Gasteiger partial charge in [0.05, 0.1) is 11.4 Å². The monoisotopic (exact) mass is 423 g/mol. The van der Waals surface area contributed by atoms with Gasteiger partial charge in [0.25, 0.3) is 5.91 Å². The van der Waals surface area contributed by atoms with Crippen LogP contribution in [0.2, 0.25) is 0 Å². The van der Waals surface area contributed by atoms with Crippen LogP contribution in [-0.4, -0.2) is 35.2 Å². The van der Waals surface area contributed by atoms with Crippen molar-refractivity contribution in [1.29, 1.82) is 0 Å². The van der Waals surface area contributed by atoms with Crippen LogP contribution >= 0.6 is 0 Å². The van der Waals surface area contributed by atoms with E-state index in [9.17, 15) is 4.79 Å². The highest BCUT2D eigenvalue weighted by Crippen LogP contribution is 2.23. The summed E-state index contributed by atoms with van der Waals surface area (Å²) in [4.78, 5) is 12.7. The first kappa shape index (κ1) is 19.5. The topological polar surface area (TPSA) is 82.6 Å². The van der Waals surface area contributed by atoms with Crippen LogP contribution in [0.15, 0.2) is 97.6 Å². The third kappa shape index (κ3) is 4.20. The fraction of sp³-hybridized carbons (Fsp3) is 0.0833. The Bertz CT molecular complexity index is 1310. The highest BCUT2D eigenvalue weighted by Gasteiger charge is 2.15. The van der Waals surface area contributed by atoms with Gasteiger partial charge < -0.3 is 5.32 Å². The number of amides is 1. The number of para-hydroxylation sites is 1.